The largest absolute Gasteiger partial charge is 0.320 e. The van der Waals surface area contributed by atoms with Crippen LogP contribution in [0.1, 0.15) is 45.4 Å². The van der Waals surface area contributed by atoms with Crippen LogP contribution in [-0.4, -0.2) is 37.6 Å². The van der Waals surface area contributed by atoms with Crippen LogP contribution >= 0.6 is 0 Å². The zero-order valence-electron chi connectivity index (χ0n) is 9.89. The van der Waals surface area contributed by atoms with Gasteiger partial charge in [-0.1, -0.05) is 19.8 Å². The summed E-state index contributed by atoms with van der Waals surface area (Å²) in [6.45, 7) is 6.12. The molecular formula is C12H26N2. The van der Waals surface area contributed by atoms with E-state index in [4.69, 9.17) is 0 Å². The number of hydrogen-bond acceptors (Lipinski definition) is 2. The van der Waals surface area contributed by atoms with Gasteiger partial charge >= 0.3 is 0 Å². The molecule has 1 aliphatic heterocycles. The van der Waals surface area contributed by atoms with Crippen LogP contribution in [-0.2, 0) is 0 Å². The van der Waals surface area contributed by atoms with Crippen molar-refractivity contribution in [1.29, 1.82) is 0 Å². The first-order valence-electron chi connectivity index (χ1n) is 6.27. The quantitative estimate of drug-likeness (QED) is 0.704. The van der Waals surface area contributed by atoms with Crippen molar-refractivity contribution < 1.29 is 0 Å². The summed E-state index contributed by atoms with van der Waals surface area (Å²) in [7, 11) is 2.05. The summed E-state index contributed by atoms with van der Waals surface area (Å²) < 4.78 is 0. The third-order valence-electron chi connectivity index (χ3n) is 3.28. The molecule has 0 radical (unpaired) electrons. The van der Waals surface area contributed by atoms with Gasteiger partial charge in [-0.25, -0.2) is 0 Å². The molecule has 0 aliphatic carbocycles. The smallest absolute Gasteiger partial charge is 0.0107 e. The van der Waals surface area contributed by atoms with Crippen LogP contribution in [0, 0.1) is 0 Å². The fraction of sp³-hybridized carbons (Fsp3) is 1.00. The highest BCUT2D eigenvalue weighted by atomic mass is 15.2. The number of rotatable bonds is 6. The fourth-order valence-corrected chi connectivity index (χ4v) is 2.35. The number of hydrogen-bond donors (Lipinski definition) is 1. The highest BCUT2D eigenvalue weighted by molar-refractivity contribution is 4.77. The van der Waals surface area contributed by atoms with Crippen molar-refractivity contribution in [2.75, 3.05) is 26.7 Å². The number of nitrogens with zero attached hydrogens (tertiary/aromatic N) is 1. The van der Waals surface area contributed by atoms with Gasteiger partial charge in [-0.15, -0.1) is 0 Å². The van der Waals surface area contributed by atoms with E-state index in [2.05, 4.69) is 24.2 Å². The summed E-state index contributed by atoms with van der Waals surface area (Å²) in [5.74, 6) is 0. The molecule has 1 fully saturated rings. The Bertz CT molecular complexity index is 120. The van der Waals surface area contributed by atoms with E-state index in [1.165, 1.54) is 58.2 Å². The van der Waals surface area contributed by atoms with Crippen LogP contribution in [0.25, 0.3) is 0 Å². The van der Waals surface area contributed by atoms with Gasteiger partial charge < -0.3 is 10.2 Å². The Kier molecular flexibility index (Phi) is 6.20. The van der Waals surface area contributed by atoms with E-state index in [1.807, 2.05) is 0 Å². The molecule has 1 N–H and O–H groups in total. The zero-order valence-corrected chi connectivity index (χ0v) is 9.89. The average Bonchev–Trinajstić information content (AvgIpc) is 2.24. The second-order valence-corrected chi connectivity index (χ2v) is 4.43. The molecule has 1 rings (SSSR count). The maximum atomic E-state index is 3.26. The second kappa shape index (κ2) is 7.24. The Morgan fingerprint density at radius 3 is 2.93 bits per heavy atom. The Labute approximate surface area is 89.1 Å². The van der Waals surface area contributed by atoms with E-state index < -0.39 is 0 Å². The highest BCUT2D eigenvalue weighted by Gasteiger charge is 2.20. The SMILES string of the molecule is CCCCN1CCCCC1CCNC. The molecule has 1 saturated heterocycles. The minimum Gasteiger partial charge on any atom is -0.320 e. The predicted molar refractivity (Wildman–Crippen MR) is 62.7 cm³/mol. The standard InChI is InChI=1S/C12H26N2/c1-3-4-10-14-11-6-5-7-12(14)8-9-13-2/h12-13H,3-11H2,1-2H3. The van der Waals surface area contributed by atoms with Gasteiger partial charge in [0, 0.05) is 6.04 Å². The molecular weight excluding hydrogens is 172 g/mol. The van der Waals surface area contributed by atoms with Gasteiger partial charge in [0.1, 0.15) is 0 Å². The molecule has 2 nitrogen and oxygen atoms in total. The molecule has 0 aromatic heterocycles. The van der Waals surface area contributed by atoms with Crippen molar-refractivity contribution >= 4 is 0 Å². The second-order valence-electron chi connectivity index (χ2n) is 4.43. The predicted octanol–water partition coefficient (Wildman–Crippen LogP) is 2.25. The van der Waals surface area contributed by atoms with Gasteiger partial charge in [0.05, 0.1) is 0 Å². The lowest BCUT2D eigenvalue weighted by molar-refractivity contribution is 0.138. The molecule has 0 spiro atoms. The van der Waals surface area contributed by atoms with Gasteiger partial charge in [-0.05, 0) is 52.4 Å². The lowest BCUT2D eigenvalue weighted by atomic mass is 9.99. The van der Waals surface area contributed by atoms with Gasteiger partial charge in [-0.2, -0.15) is 0 Å². The molecule has 1 unspecified atom stereocenters. The molecule has 0 aromatic rings. The molecule has 0 amide bonds. The number of unbranched alkanes of at least 4 members (excludes halogenated alkanes) is 1. The van der Waals surface area contributed by atoms with E-state index >= 15 is 0 Å². The van der Waals surface area contributed by atoms with Crippen molar-refractivity contribution in [3.05, 3.63) is 0 Å². The van der Waals surface area contributed by atoms with Crippen molar-refractivity contribution in [2.45, 2.75) is 51.5 Å². The summed E-state index contributed by atoms with van der Waals surface area (Å²) in [6, 6.07) is 0.864. The summed E-state index contributed by atoms with van der Waals surface area (Å²) in [6.07, 6.45) is 8.31. The van der Waals surface area contributed by atoms with E-state index in [0.717, 1.165) is 6.04 Å². The number of piperidine rings is 1. The molecule has 0 bridgehead atoms. The Morgan fingerprint density at radius 1 is 1.36 bits per heavy atom. The molecule has 0 saturated carbocycles. The number of nitrogens with one attached hydrogen (secondary N) is 1. The van der Waals surface area contributed by atoms with Crippen LogP contribution in [0.2, 0.25) is 0 Å². The lowest BCUT2D eigenvalue weighted by Crippen LogP contribution is -2.41. The van der Waals surface area contributed by atoms with Crippen LogP contribution in [0.5, 0.6) is 0 Å². The molecule has 1 aliphatic rings. The maximum Gasteiger partial charge on any atom is 0.0107 e. The van der Waals surface area contributed by atoms with E-state index in [1.54, 1.807) is 0 Å². The number of likely N-dealkylation sites (tertiary alicyclic amines) is 1. The Hall–Kier alpha value is -0.0800. The maximum absolute atomic E-state index is 3.26. The van der Waals surface area contributed by atoms with E-state index in [-0.39, 0.29) is 0 Å². The summed E-state index contributed by atoms with van der Waals surface area (Å²) in [4.78, 5) is 2.71. The first kappa shape index (κ1) is 12.0. The zero-order chi connectivity index (χ0) is 10.2. The minimum absolute atomic E-state index is 0.864. The molecule has 84 valence electrons. The Morgan fingerprint density at radius 2 is 2.21 bits per heavy atom. The molecule has 2 heteroatoms. The van der Waals surface area contributed by atoms with Crippen LogP contribution in [0.3, 0.4) is 0 Å². The summed E-state index contributed by atoms with van der Waals surface area (Å²) in [5, 5.41) is 3.26. The van der Waals surface area contributed by atoms with Crippen molar-refractivity contribution in [3.8, 4) is 0 Å². The lowest BCUT2D eigenvalue weighted by Gasteiger charge is -2.35. The summed E-state index contributed by atoms with van der Waals surface area (Å²) in [5.41, 5.74) is 0. The minimum atomic E-state index is 0.864. The van der Waals surface area contributed by atoms with Crippen molar-refractivity contribution in [1.82, 2.24) is 10.2 Å². The molecule has 0 aromatic carbocycles. The van der Waals surface area contributed by atoms with Crippen molar-refractivity contribution in [3.63, 3.8) is 0 Å². The molecule has 1 heterocycles. The van der Waals surface area contributed by atoms with Crippen LogP contribution in [0.4, 0.5) is 0 Å². The molecule has 1 atom stereocenters. The van der Waals surface area contributed by atoms with E-state index in [0.29, 0.717) is 0 Å². The molecule has 14 heavy (non-hydrogen) atoms. The highest BCUT2D eigenvalue weighted by Crippen LogP contribution is 2.19. The first-order valence-corrected chi connectivity index (χ1v) is 6.27. The van der Waals surface area contributed by atoms with Crippen LogP contribution in [0.15, 0.2) is 0 Å². The first-order chi connectivity index (χ1) is 6.88. The normalized spacial score (nSPS) is 24.0. The van der Waals surface area contributed by atoms with E-state index in [9.17, 15) is 0 Å². The van der Waals surface area contributed by atoms with Gasteiger partial charge in [0.25, 0.3) is 0 Å². The van der Waals surface area contributed by atoms with Gasteiger partial charge in [-0.3, -0.25) is 0 Å². The van der Waals surface area contributed by atoms with Crippen LogP contribution < -0.4 is 5.32 Å². The third-order valence-corrected chi connectivity index (χ3v) is 3.28. The summed E-state index contributed by atoms with van der Waals surface area (Å²) >= 11 is 0. The van der Waals surface area contributed by atoms with Crippen molar-refractivity contribution in [2.24, 2.45) is 0 Å². The third kappa shape index (κ3) is 3.97. The Balaban J connectivity index is 2.26. The topological polar surface area (TPSA) is 15.3 Å². The van der Waals surface area contributed by atoms with Gasteiger partial charge in [0.2, 0.25) is 0 Å². The monoisotopic (exact) mass is 198 g/mol. The average molecular weight is 198 g/mol. The van der Waals surface area contributed by atoms with Gasteiger partial charge in [0.15, 0.2) is 0 Å². The fourth-order valence-electron chi connectivity index (χ4n) is 2.35.